The summed E-state index contributed by atoms with van der Waals surface area (Å²) in [6, 6.07) is 6.33. The lowest BCUT2D eigenvalue weighted by Crippen LogP contribution is -2.48. The molecule has 1 fully saturated rings. The number of amides is 1. The lowest BCUT2D eigenvalue weighted by molar-refractivity contribution is -0.385. The van der Waals surface area contributed by atoms with Crippen molar-refractivity contribution in [2.24, 2.45) is 7.05 Å². The number of hydrogen-bond acceptors (Lipinski definition) is 5. The zero-order chi connectivity index (χ0) is 18.0. The number of nitrogens with zero attached hydrogens (tertiary/aromatic N) is 5. The van der Waals surface area contributed by atoms with Gasteiger partial charge >= 0.3 is 5.69 Å². The Balaban J connectivity index is 1.61. The topological polar surface area (TPSA) is 84.5 Å². The minimum absolute atomic E-state index is 0.125. The second kappa shape index (κ2) is 6.98. The molecule has 1 saturated heterocycles. The predicted molar refractivity (Wildman–Crippen MR) is 87.4 cm³/mol. The smallest absolute Gasteiger partial charge is 0.320 e. The lowest BCUT2D eigenvalue weighted by atomic mass is 10.2. The summed E-state index contributed by atoms with van der Waals surface area (Å²) in [4.78, 5) is 26.7. The van der Waals surface area contributed by atoms with E-state index in [2.05, 4.69) is 10.00 Å². The molecule has 0 aliphatic carbocycles. The first-order valence-electron chi connectivity index (χ1n) is 7.88. The van der Waals surface area contributed by atoms with E-state index < -0.39 is 10.8 Å². The number of carbonyl (C=O) groups excluding carboxylic acids is 1. The summed E-state index contributed by atoms with van der Waals surface area (Å²) in [5.74, 6) is -0.690. The van der Waals surface area contributed by atoms with Crippen molar-refractivity contribution in [3.63, 3.8) is 0 Å². The van der Waals surface area contributed by atoms with E-state index >= 15 is 0 Å². The molecule has 0 radical (unpaired) electrons. The first-order valence-corrected chi connectivity index (χ1v) is 7.88. The van der Waals surface area contributed by atoms with E-state index in [0.717, 1.165) is 5.56 Å². The molecule has 1 amide bonds. The molecule has 0 unspecified atom stereocenters. The molecule has 0 saturated carbocycles. The van der Waals surface area contributed by atoms with Gasteiger partial charge in [-0.1, -0.05) is 12.1 Å². The Kier molecular flexibility index (Phi) is 4.75. The third-order valence-corrected chi connectivity index (χ3v) is 4.19. The number of piperazine rings is 1. The largest absolute Gasteiger partial charge is 0.334 e. The minimum atomic E-state index is -0.592. The zero-order valence-electron chi connectivity index (χ0n) is 13.8. The van der Waals surface area contributed by atoms with Crippen molar-refractivity contribution in [2.45, 2.75) is 6.54 Å². The van der Waals surface area contributed by atoms with E-state index in [1.165, 1.54) is 23.0 Å². The molecular formula is C16H18FN5O3. The molecule has 25 heavy (non-hydrogen) atoms. The third kappa shape index (κ3) is 3.82. The predicted octanol–water partition coefficient (Wildman–Crippen LogP) is 1.43. The Labute approximate surface area is 143 Å². The van der Waals surface area contributed by atoms with Crippen molar-refractivity contribution >= 4 is 11.6 Å². The Bertz CT molecular complexity index is 782. The summed E-state index contributed by atoms with van der Waals surface area (Å²) < 4.78 is 14.2. The van der Waals surface area contributed by atoms with E-state index in [-0.39, 0.29) is 17.2 Å². The summed E-state index contributed by atoms with van der Waals surface area (Å²) in [6.45, 7) is 2.89. The Morgan fingerprint density at radius 3 is 2.48 bits per heavy atom. The molecule has 3 rings (SSSR count). The van der Waals surface area contributed by atoms with Crippen LogP contribution in [-0.2, 0) is 13.6 Å². The SMILES string of the molecule is Cn1cc([N+](=O)[O-])c(C(=O)N2CCN(Cc3ccc(F)cc3)CC2)n1. The average molecular weight is 347 g/mol. The van der Waals surface area contributed by atoms with E-state index in [1.54, 1.807) is 24.1 Å². The summed E-state index contributed by atoms with van der Waals surface area (Å²) in [5, 5.41) is 15.0. The van der Waals surface area contributed by atoms with Gasteiger partial charge in [0, 0.05) is 39.8 Å². The molecule has 0 atom stereocenters. The van der Waals surface area contributed by atoms with E-state index in [1.807, 2.05) is 0 Å². The van der Waals surface area contributed by atoms with Crippen LogP contribution in [0.15, 0.2) is 30.5 Å². The molecule has 0 spiro atoms. The van der Waals surface area contributed by atoms with Crippen LogP contribution in [0.5, 0.6) is 0 Å². The van der Waals surface area contributed by atoms with Gasteiger partial charge in [-0.2, -0.15) is 5.10 Å². The monoisotopic (exact) mass is 347 g/mol. The molecule has 1 aromatic heterocycles. The Morgan fingerprint density at radius 2 is 1.88 bits per heavy atom. The molecule has 1 aliphatic rings. The fourth-order valence-electron chi connectivity index (χ4n) is 2.87. The zero-order valence-corrected chi connectivity index (χ0v) is 13.8. The van der Waals surface area contributed by atoms with Crippen LogP contribution in [0.3, 0.4) is 0 Å². The van der Waals surface area contributed by atoms with Gasteiger partial charge in [-0.25, -0.2) is 4.39 Å². The van der Waals surface area contributed by atoms with Gasteiger partial charge in [0.15, 0.2) is 0 Å². The van der Waals surface area contributed by atoms with Crippen LogP contribution in [0.2, 0.25) is 0 Å². The van der Waals surface area contributed by atoms with Crippen molar-refractivity contribution in [2.75, 3.05) is 26.2 Å². The first kappa shape index (κ1) is 17.0. The average Bonchev–Trinajstić information content (AvgIpc) is 2.99. The number of carbonyl (C=O) groups is 1. The number of hydrogen-bond donors (Lipinski definition) is 0. The molecule has 2 heterocycles. The van der Waals surface area contributed by atoms with Crippen molar-refractivity contribution < 1.29 is 14.1 Å². The third-order valence-electron chi connectivity index (χ3n) is 4.19. The molecular weight excluding hydrogens is 329 g/mol. The van der Waals surface area contributed by atoms with Gasteiger partial charge in [0.25, 0.3) is 5.91 Å². The molecule has 9 heteroatoms. The van der Waals surface area contributed by atoms with Crippen LogP contribution in [0, 0.1) is 15.9 Å². The van der Waals surface area contributed by atoms with Crippen LogP contribution in [-0.4, -0.2) is 56.6 Å². The number of aromatic nitrogens is 2. The molecule has 2 aromatic rings. The van der Waals surface area contributed by atoms with Crippen LogP contribution in [0.4, 0.5) is 10.1 Å². The number of aryl methyl sites for hydroxylation is 1. The summed E-state index contributed by atoms with van der Waals surface area (Å²) in [6.07, 6.45) is 1.23. The molecule has 132 valence electrons. The number of benzene rings is 1. The highest BCUT2D eigenvalue weighted by molar-refractivity contribution is 5.96. The van der Waals surface area contributed by atoms with Gasteiger partial charge in [-0.3, -0.25) is 24.5 Å². The minimum Gasteiger partial charge on any atom is -0.334 e. The van der Waals surface area contributed by atoms with Crippen LogP contribution < -0.4 is 0 Å². The van der Waals surface area contributed by atoms with Crippen molar-refractivity contribution in [3.05, 3.63) is 57.7 Å². The standard InChI is InChI=1S/C16H18FN5O3/c1-19-11-14(22(24)25)15(18-19)16(23)21-8-6-20(7-9-21)10-12-2-4-13(17)5-3-12/h2-5,11H,6-10H2,1H3. The summed E-state index contributed by atoms with van der Waals surface area (Å²) in [5.41, 5.74) is 0.599. The Morgan fingerprint density at radius 1 is 1.24 bits per heavy atom. The fourth-order valence-corrected chi connectivity index (χ4v) is 2.87. The van der Waals surface area contributed by atoms with Gasteiger partial charge in [-0.15, -0.1) is 0 Å². The van der Waals surface area contributed by atoms with Crippen molar-refractivity contribution in [1.29, 1.82) is 0 Å². The van der Waals surface area contributed by atoms with Gasteiger partial charge in [0.05, 0.1) is 4.92 Å². The molecule has 0 bridgehead atoms. The summed E-state index contributed by atoms with van der Waals surface area (Å²) >= 11 is 0. The number of rotatable bonds is 4. The Hall–Kier alpha value is -2.81. The van der Waals surface area contributed by atoms with E-state index in [9.17, 15) is 19.3 Å². The highest BCUT2D eigenvalue weighted by Crippen LogP contribution is 2.19. The molecule has 1 aromatic carbocycles. The van der Waals surface area contributed by atoms with Gasteiger partial charge in [0.1, 0.15) is 12.0 Å². The van der Waals surface area contributed by atoms with Gasteiger partial charge in [0.2, 0.25) is 5.69 Å². The second-order valence-corrected chi connectivity index (χ2v) is 5.99. The van der Waals surface area contributed by atoms with Gasteiger partial charge < -0.3 is 4.90 Å². The van der Waals surface area contributed by atoms with Crippen molar-refractivity contribution in [1.82, 2.24) is 19.6 Å². The molecule has 0 N–H and O–H groups in total. The van der Waals surface area contributed by atoms with Crippen LogP contribution in [0.25, 0.3) is 0 Å². The quantitative estimate of drug-likeness (QED) is 0.617. The van der Waals surface area contributed by atoms with Crippen LogP contribution >= 0.6 is 0 Å². The molecule has 1 aliphatic heterocycles. The van der Waals surface area contributed by atoms with Crippen LogP contribution in [0.1, 0.15) is 16.1 Å². The maximum absolute atomic E-state index is 12.9. The highest BCUT2D eigenvalue weighted by Gasteiger charge is 2.30. The normalized spacial score (nSPS) is 15.4. The number of halogens is 1. The maximum atomic E-state index is 12.9. The van der Waals surface area contributed by atoms with E-state index in [0.29, 0.717) is 32.7 Å². The maximum Gasteiger partial charge on any atom is 0.320 e. The van der Waals surface area contributed by atoms with E-state index in [4.69, 9.17) is 0 Å². The fraction of sp³-hybridized carbons (Fsp3) is 0.375. The highest BCUT2D eigenvalue weighted by atomic mass is 19.1. The lowest BCUT2D eigenvalue weighted by Gasteiger charge is -2.34. The molecule has 8 nitrogen and oxygen atoms in total. The first-order chi connectivity index (χ1) is 11.9. The van der Waals surface area contributed by atoms with Crippen molar-refractivity contribution in [3.8, 4) is 0 Å². The number of nitro groups is 1. The summed E-state index contributed by atoms with van der Waals surface area (Å²) in [7, 11) is 1.55. The van der Waals surface area contributed by atoms with Gasteiger partial charge in [-0.05, 0) is 17.7 Å². The second-order valence-electron chi connectivity index (χ2n) is 5.99.